The second kappa shape index (κ2) is 3.72. The van der Waals surface area contributed by atoms with Crippen molar-refractivity contribution in [3.05, 3.63) is 12.7 Å². The summed E-state index contributed by atoms with van der Waals surface area (Å²) in [6.07, 6.45) is 1.32. The van der Waals surface area contributed by atoms with Crippen LogP contribution in [0.4, 0.5) is 0 Å². The van der Waals surface area contributed by atoms with Crippen LogP contribution in [0, 0.1) is 0 Å². The zero-order valence-corrected chi connectivity index (χ0v) is 7.71. The number of carbonyl (C=O) groups excluding carboxylic acids is 1. The van der Waals surface area contributed by atoms with Crippen molar-refractivity contribution in [1.82, 2.24) is 10.2 Å². The zero-order chi connectivity index (χ0) is 9.14. The summed E-state index contributed by atoms with van der Waals surface area (Å²) in [7, 11) is 0. The third kappa shape index (κ3) is 2.08. The monoisotopic (exact) mass is 168 g/mol. The largest absolute Gasteiger partial charge is 0.347 e. The smallest absolute Gasteiger partial charge is 0.243 e. The second-order valence-corrected chi connectivity index (χ2v) is 3.46. The van der Waals surface area contributed by atoms with Crippen LogP contribution in [0.2, 0.25) is 0 Å². The van der Waals surface area contributed by atoms with E-state index in [0.29, 0.717) is 12.1 Å². The standard InChI is InChI=1S/C9H16N2O/c1-4-9(12)10-8-5-11(6-8)7(2)3/h4,7-8H,1,5-6H2,2-3H3,(H,10,12). The SMILES string of the molecule is C=CC(=O)NC1CN(C(C)C)C1. The van der Waals surface area contributed by atoms with Crippen molar-refractivity contribution in [2.24, 2.45) is 0 Å². The summed E-state index contributed by atoms with van der Waals surface area (Å²) < 4.78 is 0. The number of hydrogen-bond donors (Lipinski definition) is 1. The predicted molar refractivity (Wildman–Crippen MR) is 48.8 cm³/mol. The van der Waals surface area contributed by atoms with Crippen molar-refractivity contribution in [1.29, 1.82) is 0 Å². The van der Waals surface area contributed by atoms with Crippen molar-refractivity contribution in [3.63, 3.8) is 0 Å². The lowest BCUT2D eigenvalue weighted by atomic mass is 10.1. The average Bonchev–Trinajstić information content (AvgIpc) is 1.94. The van der Waals surface area contributed by atoms with Gasteiger partial charge >= 0.3 is 0 Å². The molecule has 0 unspecified atom stereocenters. The Hall–Kier alpha value is -0.830. The van der Waals surface area contributed by atoms with E-state index < -0.39 is 0 Å². The Morgan fingerprint density at radius 1 is 1.67 bits per heavy atom. The first-order valence-corrected chi connectivity index (χ1v) is 4.30. The highest BCUT2D eigenvalue weighted by Crippen LogP contribution is 2.11. The summed E-state index contributed by atoms with van der Waals surface area (Å²) in [5, 5.41) is 2.85. The Bertz CT molecular complexity index is 183. The van der Waals surface area contributed by atoms with Crippen molar-refractivity contribution < 1.29 is 4.79 Å². The van der Waals surface area contributed by atoms with E-state index in [2.05, 4.69) is 30.6 Å². The van der Waals surface area contributed by atoms with Crippen LogP contribution in [-0.2, 0) is 4.79 Å². The molecule has 1 aliphatic rings. The van der Waals surface area contributed by atoms with Gasteiger partial charge in [-0.05, 0) is 19.9 Å². The van der Waals surface area contributed by atoms with Crippen LogP contribution in [0.15, 0.2) is 12.7 Å². The molecule has 0 saturated carbocycles. The Morgan fingerprint density at radius 2 is 2.25 bits per heavy atom. The van der Waals surface area contributed by atoms with Crippen LogP contribution >= 0.6 is 0 Å². The van der Waals surface area contributed by atoms with Gasteiger partial charge in [-0.3, -0.25) is 9.69 Å². The summed E-state index contributed by atoms with van der Waals surface area (Å²) in [6.45, 7) is 9.66. The third-order valence-corrected chi connectivity index (χ3v) is 2.17. The maximum absolute atomic E-state index is 10.8. The topological polar surface area (TPSA) is 32.3 Å². The van der Waals surface area contributed by atoms with Gasteiger partial charge in [-0.25, -0.2) is 0 Å². The molecule has 68 valence electrons. The van der Waals surface area contributed by atoms with Crippen LogP contribution in [-0.4, -0.2) is 36.0 Å². The molecule has 0 atom stereocenters. The second-order valence-electron chi connectivity index (χ2n) is 3.46. The van der Waals surface area contributed by atoms with E-state index in [1.165, 1.54) is 6.08 Å². The van der Waals surface area contributed by atoms with Gasteiger partial charge in [0.15, 0.2) is 0 Å². The zero-order valence-electron chi connectivity index (χ0n) is 7.71. The molecule has 3 nitrogen and oxygen atoms in total. The molecule has 1 fully saturated rings. The third-order valence-electron chi connectivity index (χ3n) is 2.17. The van der Waals surface area contributed by atoms with E-state index >= 15 is 0 Å². The van der Waals surface area contributed by atoms with Gasteiger partial charge in [0.05, 0.1) is 6.04 Å². The first-order valence-electron chi connectivity index (χ1n) is 4.30. The van der Waals surface area contributed by atoms with Crippen molar-refractivity contribution in [2.45, 2.75) is 25.9 Å². The van der Waals surface area contributed by atoms with Gasteiger partial charge in [0.25, 0.3) is 0 Å². The number of likely N-dealkylation sites (tertiary alicyclic amines) is 1. The first kappa shape index (κ1) is 9.26. The lowest BCUT2D eigenvalue weighted by Crippen LogP contribution is -2.60. The van der Waals surface area contributed by atoms with Gasteiger partial charge in [-0.2, -0.15) is 0 Å². The molecule has 1 aliphatic heterocycles. The summed E-state index contributed by atoms with van der Waals surface area (Å²) >= 11 is 0. The van der Waals surface area contributed by atoms with E-state index in [0.717, 1.165) is 13.1 Å². The van der Waals surface area contributed by atoms with E-state index in [-0.39, 0.29) is 5.91 Å². The van der Waals surface area contributed by atoms with Crippen molar-refractivity contribution in [3.8, 4) is 0 Å². The number of carbonyl (C=O) groups is 1. The fourth-order valence-electron chi connectivity index (χ4n) is 1.29. The van der Waals surface area contributed by atoms with Gasteiger partial charge in [0.1, 0.15) is 0 Å². The van der Waals surface area contributed by atoms with E-state index in [9.17, 15) is 4.79 Å². The van der Waals surface area contributed by atoms with Crippen LogP contribution < -0.4 is 5.32 Å². The van der Waals surface area contributed by atoms with Crippen molar-refractivity contribution in [2.75, 3.05) is 13.1 Å². The molecule has 0 bridgehead atoms. The predicted octanol–water partition coefficient (Wildman–Crippen LogP) is 0.381. The maximum atomic E-state index is 10.8. The summed E-state index contributed by atoms with van der Waals surface area (Å²) in [6, 6.07) is 0.916. The lowest BCUT2D eigenvalue weighted by molar-refractivity contribution is -0.118. The van der Waals surface area contributed by atoms with Gasteiger partial charge < -0.3 is 5.32 Å². The van der Waals surface area contributed by atoms with Crippen molar-refractivity contribution >= 4 is 5.91 Å². The molecule has 0 aromatic carbocycles. The molecular weight excluding hydrogens is 152 g/mol. The van der Waals surface area contributed by atoms with Crippen LogP contribution in [0.5, 0.6) is 0 Å². The van der Waals surface area contributed by atoms with E-state index in [1.807, 2.05) is 0 Å². The molecule has 0 aromatic heterocycles. The molecular formula is C9H16N2O. The Morgan fingerprint density at radius 3 is 2.67 bits per heavy atom. The number of nitrogens with one attached hydrogen (secondary N) is 1. The fraction of sp³-hybridized carbons (Fsp3) is 0.667. The quantitative estimate of drug-likeness (QED) is 0.618. The van der Waals surface area contributed by atoms with Crippen LogP contribution in [0.1, 0.15) is 13.8 Å². The fourth-order valence-corrected chi connectivity index (χ4v) is 1.29. The Kier molecular flexibility index (Phi) is 2.87. The van der Waals surface area contributed by atoms with E-state index in [4.69, 9.17) is 0 Å². The number of nitrogens with zero attached hydrogens (tertiary/aromatic N) is 1. The molecule has 0 aromatic rings. The molecule has 0 radical (unpaired) electrons. The molecule has 1 heterocycles. The average molecular weight is 168 g/mol. The number of rotatable bonds is 3. The molecule has 1 saturated heterocycles. The Balaban J connectivity index is 2.17. The summed E-state index contributed by atoms with van der Waals surface area (Å²) in [5.41, 5.74) is 0. The summed E-state index contributed by atoms with van der Waals surface area (Å²) in [5.74, 6) is -0.0663. The van der Waals surface area contributed by atoms with Gasteiger partial charge in [0.2, 0.25) is 5.91 Å². The molecule has 3 heteroatoms. The maximum Gasteiger partial charge on any atom is 0.243 e. The number of hydrogen-bond acceptors (Lipinski definition) is 2. The first-order chi connectivity index (χ1) is 5.63. The molecule has 1 amide bonds. The normalized spacial score (nSPS) is 18.9. The van der Waals surface area contributed by atoms with Gasteiger partial charge in [-0.1, -0.05) is 6.58 Å². The molecule has 1 rings (SSSR count). The molecule has 0 aliphatic carbocycles. The van der Waals surface area contributed by atoms with E-state index in [1.54, 1.807) is 0 Å². The van der Waals surface area contributed by atoms with Crippen LogP contribution in [0.3, 0.4) is 0 Å². The Labute approximate surface area is 73.4 Å². The highest BCUT2D eigenvalue weighted by Gasteiger charge is 2.28. The minimum absolute atomic E-state index is 0.0663. The van der Waals surface area contributed by atoms with Gasteiger partial charge in [0, 0.05) is 19.1 Å². The van der Waals surface area contributed by atoms with Crippen LogP contribution in [0.25, 0.3) is 0 Å². The lowest BCUT2D eigenvalue weighted by Gasteiger charge is -2.42. The minimum Gasteiger partial charge on any atom is -0.347 e. The number of amides is 1. The molecule has 0 spiro atoms. The van der Waals surface area contributed by atoms with Gasteiger partial charge in [-0.15, -0.1) is 0 Å². The summed E-state index contributed by atoms with van der Waals surface area (Å²) in [4.78, 5) is 13.2. The highest BCUT2D eigenvalue weighted by molar-refractivity contribution is 5.87. The minimum atomic E-state index is -0.0663. The molecule has 1 N–H and O–H groups in total. The molecule has 12 heavy (non-hydrogen) atoms. The highest BCUT2D eigenvalue weighted by atomic mass is 16.1.